The number of hydrogen-bond donors (Lipinski definition) is 1. The van der Waals surface area contributed by atoms with Crippen molar-refractivity contribution in [3.63, 3.8) is 0 Å². The Bertz CT molecular complexity index is 281. The van der Waals surface area contributed by atoms with Crippen LogP contribution in [-0.4, -0.2) is 67.2 Å². The Kier molecular flexibility index (Phi) is 4.83. The molecule has 0 aromatic heterocycles. The van der Waals surface area contributed by atoms with Gasteiger partial charge in [0.2, 0.25) is 0 Å². The first kappa shape index (κ1) is 13.6. The van der Waals surface area contributed by atoms with Crippen molar-refractivity contribution in [1.29, 1.82) is 0 Å². The summed E-state index contributed by atoms with van der Waals surface area (Å²) in [6.07, 6.45) is 2.70. The quantitative estimate of drug-likeness (QED) is 0.573. The van der Waals surface area contributed by atoms with Crippen LogP contribution in [0.15, 0.2) is 4.99 Å². The molecule has 1 saturated carbocycles. The maximum atomic E-state index is 6.00. The second-order valence-corrected chi connectivity index (χ2v) is 5.40. The minimum absolute atomic E-state index is 0.609. The summed E-state index contributed by atoms with van der Waals surface area (Å²) in [5.74, 6) is 0.679. The molecule has 104 valence electrons. The number of ether oxygens (including phenoxy) is 1. The average Bonchev–Trinajstić information content (AvgIpc) is 3.19. The molecule has 1 aliphatic carbocycles. The molecule has 1 saturated heterocycles. The third kappa shape index (κ3) is 3.85. The largest absolute Gasteiger partial charge is 0.378 e. The van der Waals surface area contributed by atoms with Gasteiger partial charge in [0, 0.05) is 31.7 Å². The summed E-state index contributed by atoms with van der Waals surface area (Å²) in [6.45, 7) is 9.59. The van der Waals surface area contributed by atoms with Crippen molar-refractivity contribution in [3.05, 3.63) is 0 Å². The van der Waals surface area contributed by atoms with E-state index in [0.29, 0.717) is 12.0 Å². The van der Waals surface area contributed by atoms with Crippen molar-refractivity contribution in [3.8, 4) is 0 Å². The van der Waals surface area contributed by atoms with Crippen LogP contribution in [-0.2, 0) is 4.74 Å². The third-order valence-corrected chi connectivity index (χ3v) is 3.65. The molecule has 0 atom stereocenters. The molecule has 1 heterocycles. The smallest absolute Gasteiger partial charge is 0.191 e. The molecule has 2 N–H and O–H groups in total. The van der Waals surface area contributed by atoms with Gasteiger partial charge in [-0.05, 0) is 26.7 Å². The van der Waals surface area contributed by atoms with E-state index in [4.69, 9.17) is 10.5 Å². The SMILES string of the molecule is CC(C)N(CCN=C(N)N1CCOCC1)C1CC1. The Hall–Kier alpha value is -0.810. The molecule has 0 aromatic rings. The molecule has 0 spiro atoms. The van der Waals surface area contributed by atoms with Crippen molar-refractivity contribution < 1.29 is 4.74 Å². The van der Waals surface area contributed by atoms with Crippen LogP contribution in [0.4, 0.5) is 0 Å². The zero-order valence-electron chi connectivity index (χ0n) is 11.6. The highest BCUT2D eigenvalue weighted by Crippen LogP contribution is 2.28. The molecular formula is C13H26N4O. The zero-order valence-corrected chi connectivity index (χ0v) is 11.6. The first-order chi connectivity index (χ1) is 8.68. The van der Waals surface area contributed by atoms with E-state index in [0.717, 1.165) is 45.4 Å². The van der Waals surface area contributed by atoms with Gasteiger partial charge in [-0.3, -0.25) is 9.89 Å². The molecule has 2 rings (SSSR count). The summed E-state index contributed by atoms with van der Waals surface area (Å²) in [6, 6.07) is 1.40. The number of nitrogens with two attached hydrogens (primary N) is 1. The number of hydrogen-bond acceptors (Lipinski definition) is 3. The van der Waals surface area contributed by atoms with Crippen LogP contribution in [0.3, 0.4) is 0 Å². The number of aliphatic imine (C=N–C) groups is 1. The zero-order chi connectivity index (χ0) is 13.0. The van der Waals surface area contributed by atoms with Gasteiger partial charge in [-0.1, -0.05) is 0 Å². The summed E-state index contributed by atoms with van der Waals surface area (Å²) in [4.78, 5) is 9.15. The van der Waals surface area contributed by atoms with E-state index < -0.39 is 0 Å². The normalized spacial score (nSPS) is 22.0. The van der Waals surface area contributed by atoms with Crippen molar-refractivity contribution in [2.24, 2.45) is 10.7 Å². The number of rotatable bonds is 5. The van der Waals surface area contributed by atoms with Crippen LogP contribution in [0, 0.1) is 0 Å². The van der Waals surface area contributed by atoms with Crippen molar-refractivity contribution in [2.75, 3.05) is 39.4 Å². The highest BCUT2D eigenvalue weighted by atomic mass is 16.5. The Morgan fingerprint density at radius 2 is 2.06 bits per heavy atom. The van der Waals surface area contributed by atoms with E-state index in [-0.39, 0.29) is 0 Å². The fourth-order valence-corrected chi connectivity index (χ4v) is 2.44. The van der Waals surface area contributed by atoms with E-state index in [1.807, 2.05) is 0 Å². The average molecular weight is 254 g/mol. The van der Waals surface area contributed by atoms with Crippen LogP contribution < -0.4 is 5.73 Å². The van der Waals surface area contributed by atoms with Gasteiger partial charge in [-0.2, -0.15) is 0 Å². The lowest BCUT2D eigenvalue weighted by atomic mass is 10.3. The molecule has 5 nitrogen and oxygen atoms in total. The molecule has 2 aliphatic rings. The Morgan fingerprint density at radius 3 is 2.61 bits per heavy atom. The Labute approximate surface area is 110 Å². The summed E-state index contributed by atoms with van der Waals surface area (Å²) in [7, 11) is 0. The Balaban J connectivity index is 1.74. The van der Waals surface area contributed by atoms with Crippen LogP contribution in [0.1, 0.15) is 26.7 Å². The summed E-state index contributed by atoms with van der Waals surface area (Å²) in [5, 5.41) is 0. The van der Waals surface area contributed by atoms with E-state index in [9.17, 15) is 0 Å². The van der Waals surface area contributed by atoms with Crippen molar-refractivity contribution in [2.45, 2.75) is 38.8 Å². The van der Waals surface area contributed by atoms with Gasteiger partial charge in [-0.15, -0.1) is 0 Å². The topological polar surface area (TPSA) is 54.1 Å². The van der Waals surface area contributed by atoms with Gasteiger partial charge in [-0.25, -0.2) is 0 Å². The second-order valence-electron chi connectivity index (χ2n) is 5.40. The molecule has 0 aromatic carbocycles. The molecule has 0 radical (unpaired) electrons. The molecule has 18 heavy (non-hydrogen) atoms. The fraction of sp³-hybridized carbons (Fsp3) is 0.923. The van der Waals surface area contributed by atoms with Gasteiger partial charge in [0.15, 0.2) is 5.96 Å². The van der Waals surface area contributed by atoms with Crippen molar-refractivity contribution >= 4 is 5.96 Å². The predicted octanol–water partition coefficient (Wildman–Crippen LogP) is 0.506. The van der Waals surface area contributed by atoms with Crippen LogP contribution in [0.5, 0.6) is 0 Å². The molecular weight excluding hydrogens is 228 g/mol. The second kappa shape index (κ2) is 6.38. The number of guanidine groups is 1. The molecule has 5 heteroatoms. The maximum Gasteiger partial charge on any atom is 0.191 e. The van der Waals surface area contributed by atoms with Crippen molar-refractivity contribution in [1.82, 2.24) is 9.80 Å². The van der Waals surface area contributed by atoms with E-state index >= 15 is 0 Å². The van der Waals surface area contributed by atoms with E-state index in [1.54, 1.807) is 0 Å². The summed E-state index contributed by atoms with van der Waals surface area (Å²) < 4.78 is 5.30. The predicted molar refractivity (Wildman–Crippen MR) is 73.7 cm³/mol. The van der Waals surface area contributed by atoms with Gasteiger partial charge in [0.1, 0.15) is 0 Å². The molecule has 0 bridgehead atoms. The minimum Gasteiger partial charge on any atom is -0.378 e. The Morgan fingerprint density at radius 1 is 1.39 bits per heavy atom. The monoisotopic (exact) mass is 254 g/mol. The van der Waals surface area contributed by atoms with Gasteiger partial charge in [0.05, 0.1) is 19.8 Å². The lowest BCUT2D eigenvalue weighted by Crippen LogP contribution is -2.45. The molecule has 2 fully saturated rings. The summed E-state index contributed by atoms with van der Waals surface area (Å²) >= 11 is 0. The third-order valence-electron chi connectivity index (χ3n) is 3.65. The lowest BCUT2D eigenvalue weighted by Gasteiger charge is -2.28. The van der Waals surface area contributed by atoms with Crippen LogP contribution in [0.2, 0.25) is 0 Å². The summed E-state index contributed by atoms with van der Waals surface area (Å²) in [5.41, 5.74) is 6.00. The van der Waals surface area contributed by atoms with Crippen LogP contribution >= 0.6 is 0 Å². The molecule has 0 unspecified atom stereocenters. The fourth-order valence-electron chi connectivity index (χ4n) is 2.44. The van der Waals surface area contributed by atoms with Gasteiger partial charge >= 0.3 is 0 Å². The first-order valence-corrected chi connectivity index (χ1v) is 7.07. The standard InChI is InChI=1S/C13H26N4O/c1-11(2)17(12-3-4-12)6-5-15-13(14)16-7-9-18-10-8-16/h11-12H,3-10H2,1-2H3,(H2,14,15). The molecule has 0 amide bonds. The van der Waals surface area contributed by atoms with Gasteiger partial charge in [0.25, 0.3) is 0 Å². The number of nitrogens with zero attached hydrogens (tertiary/aromatic N) is 3. The highest BCUT2D eigenvalue weighted by Gasteiger charge is 2.30. The van der Waals surface area contributed by atoms with Crippen LogP contribution in [0.25, 0.3) is 0 Å². The first-order valence-electron chi connectivity index (χ1n) is 7.07. The minimum atomic E-state index is 0.609. The van der Waals surface area contributed by atoms with E-state index in [2.05, 4.69) is 28.6 Å². The highest BCUT2D eigenvalue weighted by molar-refractivity contribution is 5.78. The van der Waals surface area contributed by atoms with E-state index in [1.165, 1.54) is 12.8 Å². The molecule has 1 aliphatic heterocycles. The lowest BCUT2D eigenvalue weighted by molar-refractivity contribution is 0.0674. The van der Waals surface area contributed by atoms with Gasteiger partial charge < -0.3 is 15.4 Å². The maximum absolute atomic E-state index is 6.00. The number of morpholine rings is 1.